The molecule has 2 amide bonds. The monoisotopic (exact) mass is 536 g/mol. The zero-order valence-electron chi connectivity index (χ0n) is 21.5. The molecule has 0 saturated carbocycles. The van der Waals surface area contributed by atoms with Gasteiger partial charge in [0.05, 0.1) is 12.3 Å². The molecular weight excluding hydrogens is 508 g/mol. The summed E-state index contributed by atoms with van der Waals surface area (Å²) in [6.07, 6.45) is 0. The minimum absolute atomic E-state index is 0.00662. The molecule has 198 valence electrons. The normalized spacial score (nSPS) is 15.2. The van der Waals surface area contributed by atoms with Gasteiger partial charge in [0, 0.05) is 36.3 Å². The average Bonchev–Trinajstić information content (AvgIpc) is 2.92. The van der Waals surface area contributed by atoms with Crippen molar-refractivity contribution in [1.29, 1.82) is 0 Å². The molecule has 1 fully saturated rings. The van der Waals surface area contributed by atoms with Gasteiger partial charge in [0.2, 0.25) is 0 Å². The maximum absolute atomic E-state index is 13.7. The molecular formula is C28H29ClN4O5. The van der Waals surface area contributed by atoms with Gasteiger partial charge in [-0.2, -0.15) is 0 Å². The first-order valence-corrected chi connectivity index (χ1v) is 12.7. The zero-order chi connectivity index (χ0) is 27.2. The van der Waals surface area contributed by atoms with Crippen LogP contribution < -0.4 is 4.74 Å². The Morgan fingerprint density at radius 1 is 1.03 bits per heavy atom. The minimum atomic E-state index is -0.657. The fraction of sp³-hybridized carbons (Fsp3) is 0.321. The Bertz CT molecular complexity index is 1320. The van der Waals surface area contributed by atoms with Gasteiger partial charge in [-0.15, -0.1) is 0 Å². The van der Waals surface area contributed by atoms with Gasteiger partial charge < -0.3 is 19.3 Å². The molecule has 1 aromatic heterocycles. The molecule has 4 rings (SSSR count). The van der Waals surface area contributed by atoms with Gasteiger partial charge in [0.25, 0.3) is 11.8 Å². The molecule has 0 bridgehead atoms. The topological polar surface area (TPSA) is 102 Å². The standard InChI is InChI=1S/C28H29ClN4O5/c1-4-37-28(36)24-25(20-8-6-5-7-9-20)30-19(3)31-26(24)27(35)32-14-15-33(18(2)16-32)23(34)17-38-22-12-10-21(29)11-13-22/h5-13,18H,4,14-17H2,1-3H3. The number of ether oxygens (including phenoxy) is 2. The lowest BCUT2D eigenvalue weighted by Gasteiger charge is -2.39. The highest BCUT2D eigenvalue weighted by Crippen LogP contribution is 2.26. The van der Waals surface area contributed by atoms with Crippen LogP contribution >= 0.6 is 11.6 Å². The van der Waals surface area contributed by atoms with Gasteiger partial charge in [0.15, 0.2) is 6.61 Å². The molecule has 0 spiro atoms. The summed E-state index contributed by atoms with van der Waals surface area (Å²) in [5.74, 6) is -0.343. The average molecular weight is 537 g/mol. The number of hydrogen-bond donors (Lipinski definition) is 0. The van der Waals surface area contributed by atoms with Crippen LogP contribution in [0.4, 0.5) is 0 Å². The minimum Gasteiger partial charge on any atom is -0.484 e. The van der Waals surface area contributed by atoms with E-state index in [-0.39, 0.29) is 49.5 Å². The quantitative estimate of drug-likeness (QED) is 0.420. The smallest absolute Gasteiger partial charge is 0.342 e. The molecule has 1 aliphatic rings. The summed E-state index contributed by atoms with van der Waals surface area (Å²) >= 11 is 5.89. The van der Waals surface area contributed by atoms with Crippen LogP contribution in [0.15, 0.2) is 54.6 Å². The predicted octanol–water partition coefficient (Wildman–Crippen LogP) is 4.03. The summed E-state index contributed by atoms with van der Waals surface area (Å²) in [5, 5.41) is 0.582. The number of aryl methyl sites for hydroxylation is 1. The number of piperazine rings is 1. The molecule has 1 saturated heterocycles. The number of benzene rings is 2. The van der Waals surface area contributed by atoms with Crippen molar-refractivity contribution in [2.24, 2.45) is 0 Å². The van der Waals surface area contributed by atoms with E-state index in [0.29, 0.717) is 34.4 Å². The summed E-state index contributed by atoms with van der Waals surface area (Å²) in [6.45, 7) is 6.14. The number of rotatable bonds is 7. The van der Waals surface area contributed by atoms with E-state index in [4.69, 9.17) is 21.1 Å². The summed E-state index contributed by atoms with van der Waals surface area (Å²) in [7, 11) is 0. The fourth-order valence-corrected chi connectivity index (χ4v) is 4.48. The lowest BCUT2D eigenvalue weighted by Crippen LogP contribution is -2.56. The van der Waals surface area contributed by atoms with E-state index in [1.165, 1.54) is 0 Å². The molecule has 3 aromatic rings. The van der Waals surface area contributed by atoms with Crippen LogP contribution in [0, 0.1) is 6.92 Å². The highest BCUT2D eigenvalue weighted by molar-refractivity contribution is 6.30. The van der Waals surface area contributed by atoms with Crippen molar-refractivity contribution in [2.45, 2.75) is 26.8 Å². The van der Waals surface area contributed by atoms with Crippen molar-refractivity contribution in [1.82, 2.24) is 19.8 Å². The summed E-state index contributed by atoms with van der Waals surface area (Å²) in [4.78, 5) is 51.7. The van der Waals surface area contributed by atoms with Gasteiger partial charge in [-0.3, -0.25) is 9.59 Å². The number of carbonyl (C=O) groups is 3. The van der Waals surface area contributed by atoms with Crippen LogP contribution in [0.2, 0.25) is 5.02 Å². The van der Waals surface area contributed by atoms with Crippen molar-refractivity contribution in [3.63, 3.8) is 0 Å². The van der Waals surface area contributed by atoms with Crippen LogP contribution in [-0.2, 0) is 9.53 Å². The van der Waals surface area contributed by atoms with E-state index in [0.717, 1.165) is 0 Å². The Balaban J connectivity index is 1.53. The lowest BCUT2D eigenvalue weighted by atomic mass is 10.0. The molecule has 9 nitrogen and oxygen atoms in total. The van der Waals surface area contributed by atoms with Crippen LogP contribution in [0.25, 0.3) is 11.3 Å². The molecule has 0 N–H and O–H groups in total. The molecule has 2 heterocycles. The summed E-state index contributed by atoms with van der Waals surface area (Å²) in [5.41, 5.74) is 1.06. The zero-order valence-corrected chi connectivity index (χ0v) is 22.3. The summed E-state index contributed by atoms with van der Waals surface area (Å²) in [6, 6.07) is 15.7. The molecule has 1 aliphatic heterocycles. The first kappa shape index (κ1) is 27.1. The van der Waals surface area contributed by atoms with Crippen molar-refractivity contribution >= 4 is 29.4 Å². The molecule has 1 unspecified atom stereocenters. The second-order valence-electron chi connectivity index (χ2n) is 8.86. The predicted molar refractivity (Wildman–Crippen MR) is 142 cm³/mol. The third-order valence-corrected chi connectivity index (χ3v) is 6.41. The Labute approximate surface area is 226 Å². The van der Waals surface area contributed by atoms with E-state index >= 15 is 0 Å². The van der Waals surface area contributed by atoms with Crippen LogP contribution in [0.3, 0.4) is 0 Å². The Morgan fingerprint density at radius 3 is 2.39 bits per heavy atom. The number of nitrogens with zero attached hydrogens (tertiary/aromatic N) is 4. The molecule has 1 atom stereocenters. The van der Waals surface area contributed by atoms with Crippen LogP contribution in [-0.4, -0.2) is 76.4 Å². The SMILES string of the molecule is CCOC(=O)c1c(C(=O)N2CCN(C(=O)COc3ccc(Cl)cc3)C(C)C2)nc(C)nc1-c1ccccc1. The van der Waals surface area contributed by atoms with E-state index in [2.05, 4.69) is 9.97 Å². The molecule has 10 heteroatoms. The van der Waals surface area contributed by atoms with Crippen molar-refractivity contribution in [3.05, 3.63) is 76.7 Å². The number of hydrogen-bond acceptors (Lipinski definition) is 7. The van der Waals surface area contributed by atoms with Crippen molar-refractivity contribution < 1.29 is 23.9 Å². The van der Waals surface area contributed by atoms with E-state index in [1.807, 2.05) is 37.3 Å². The first-order valence-electron chi connectivity index (χ1n) is 12.4. The van der Waals surface area contributed by atoms with Gasteiger partial charge in [-0.05, 0) is 45.0 Å². The van der Waals surface area contributed by atoms with Crippen molar-refractivity contribution in [2.75, 3.05) is 32.8 Å². The third-order valence-electron chi connectivity index (χ3n) is 6.16. The second-order valence-corrected chi connectivity index (χ2v) is 9.30. The largest absolute Gasteiger partial charge is 0.484 e. The van der Waals surface area contributed by atoms with Gasteiger partial charge in [-0.1, -0.05) is 41.9 Å². The maximum Gasteiger partial charge on any atom is 0.342 e. The Hall–Kier alpha value is -3.98. The van der Waals surface area contributed by atoms with E-state index in [9.17, 15) is 14.4 Å². The highest BCUT2D eigenvalue weighted by atomic mass is 35.5. The van der Waals surface area contributed by atoms with E-state index in [1.54, 1.807) is 47.9 Å². The van der Waals surface area contributed by atoms with Gasteiger partial charge in [0.1, 0.15) is 22.8 Å². The highest BCUT2D eigenvalue weighted by Gasteiger charge is 2.34. The van der Waals surface area contributed by atoms with Gasteiger partial charge in [-0.25, -0.2) is 14.8 Å². The Kier molecular flexibility index (Phi) is 8.58. The number of carbonyl (C=O) groups excluding carboxylic acids is 3. The van der Waals surface area contributed by atoms with Crippen molar-refractivity contribution in [3.8, 4) is 17.0 Å². The molecule has 0 radical (unpaired) electrons. The maximum atomic E-state index is 13.7. The molecule has 0 aliphatic carbocycles. The van der Waals surface area contributed by atoms with Gasteiger partial charge >= 0.3 is 5.97 Å². The number of halogens is 1. The first-order chi connectivity index (χ1) is 18.3. The second kappa shape index (κ2) is 12.0. The van der Waals surface area contributed by atoms with E-state index < -0.39 is 11.9 Å². The number of esters is 1. The number of amides is 2. The van der Waals surface area contributed by atoms with Crippen LogP contribution in [0.5, 0.6) is 5.75 Å². The third kappa shape index (κ3) is 6.11. The molecule has 38 heavy (non-hydrogen) atoms. The Morgan fingerprint density at radius 2 is 1.74 bits per heavy atom. The van der Waals surface area contributed by atoms with Crippen LogP contribution in [0.1, 0.15) is 40.5 Å². The lowest BCUT2D eigenvalue weighted by molar-refractivity contribution is -0.137. The summed E-state index contributed by atoms with van der Waals surface area (Å²) < 4.78 is 10.9. The number of aromatic nitrogens is 2. The molecule has 2 aromatic carbocycles. The fourth-order valence-electron chi connectivity index (χ4n) is 4.35.